The molecule has 4 rings (SSSR count). The van der Waals surface area contributed by atoms with Crippen LogP contribution in [0, 0.1) is 6.92 Å². The Kier molecular flexibility index (Phi) is 3.60. The second kappa shape index (κ2) is 5.78. The maximum atomic E-state index is 13.0. The van der Waals surface area contributed by atoms with Crippen molar-refractivity contribution in [3.8, 4) is 0 Å². The van der Waals surface area contributed by atoms with Gasteiger partial charge in [0.1, 0.15) is 0 Å². The van der Waals surface area contributed by atoms with Gasteiger partial charge in [0.25, 0.3) is 5.91 Å². The first kappa shape index (κ1) is 14.9. The van der Waals surface area contributed by atoms with Gasteiger partial charge in [-0.1, -0.05) is 35.9 Å². The fourth-order valence-electron chi connectivity index (χ4n) is 3.57. The van der Waals surface area contributed by atoms with E-state index in [2.05, 4.69) is 6.07 Å². The fourth-order valence-corrected chi connectivity index (χ4v) is 3.57. The summed E-state index contributed by atoms with van der Waals surface area (Å²) in [7, 11) is 0. The second-order valence-corrected chi connectivity index (χ2v) is 6.48. The largest absolute Gasteiger partial charge is 0.448 e. The lowest BCUT2D eigenvalue weighted by atomic mass is 9.95. The zero-order valence-electron chi connectivity index (χ0n) is 13.6. The average Bonchev–Trinajstić information content (AvgIpc) is 2.61. The van der Waals surface area contributed by atoms with Crippen LogP contribution < -0.4 is 4.90 Å². The highest BCUT2D eigenvalue weighted by Crippen LogP contribution is 2.29. The normalized spacial score (nSPS) is 19.3. The summed E-state index contributed by atoms with van der Waals surface area (Å²) < 4.78 is 5.47. The van der Waals surface area contributed by atoms with Crippen molar-refractivity contribution in [2.45, 2.75) is 32.3 Å². The van der Waals surface area contributed by atoms with Crippen LogP contribution in [0.1, 0.15) is 33.5 Å². The number of carbonyl (C=O) groups excluding carboxylic acids is 2. The minimum atomic E-state index is -0.737. The lowest BCUT2D eigenvalue weighted by Crippen LogP contribution is -2.46. The number of cyclic esters (lactones) is 1. The molecule has 0 aromatic heterocycles. The van der Waals surface area contributed by atoms with E-state index in [4.69, 9.17) is 4.74 Å². The number of benzene rings is 2. The number of hydrogen-bond donors (Lipinski definition) is 0. The zero-order valence-corrected chi connectivity index (χ0v) is 13.6. The van der Waals surface area contributed by atoms with Crippen LogP contribution in [-0.4, -0.2) is 24.5 Å². The number of hydrogen-bond acceptors (Lipinski definition) is 3. The molecule has 1 amide bonds. The number of carbonyl (C=O) groups is 2. The molecule has 4 nitrogen and oxygen atoms in total. The lowest BCUT2D eigenvalue weighted by Gasteiger charge is -2.33. The van der Waals surface area contributed by atoms with Crippen LogP contribution in [-0.2, 0) is 22.4 Å². The van der Waals surface area contributed by atoms with Crippen molar-refractivity contribution in [2.24, 2.45) is 0 Å². The quantitative estimate of drug-likeness (QED) is 0.759. The Morgan fingerprint density at radius 1 is 1.17 bits per heavy atom. The number of ether oxygens (including phenoxy) is 1. The third kappa shape index (κ3) is 2.48. The van der Waals surface area contributed by atoms with Crippen molar-refractivity contribution >= 4 is 17.6 Å². The molecule has 0 saturated carbocycles. The molecule has 0 aliphatic carbocycles. The Hall–Kier alpha value is -2.62. The molecule has 2 aromatic rings. The number of aryl methyl sites for hydroxylation is 2. The average molecular weight is 321 g/mol. The maximum Gasteiger partial charge on any atom is 0.339 e. The van der Waals surface area contributed by atoms with Gasteiger partial charge in [-0.05, 0) is 43.0 Å². The molecule has 122 valence electrons. The Bertz CT molecular complexity index is 827. The molecular formula is C20H19NO3. The number of anilines is 1. The molecule has 0 radical (unpaired) electrons. The summed E-state index contributed by atoms with van der Waals surface area (Å²) in [6.07, 6.45) is 1.61. The first-order valence-corrected chi connectivity index (χ1v) is 8.33. The smallest absolute Gasteiger partial charge is 0.339 e. The van der Waals surface area contributed by atoms with Crippen LogP contribution in [0.25, 0.3) is 0 Å². The number of para-hydroxylation sites is 1. The van der Waals surface area contributed by atoms with Crippen molar-refractivity contribution in [3.63, 3.8) is 0 Å². The number of esters is 1. The van der Waals surface area contributed by atoms with Crippen LogP contribution in [0.2, 0.25) is 0 Å². The second-order valence-electron chi connectivity index (χ2n) is 6.48. The highest BCUT2D eigenvalue weighted by molar-refractivity contribution is 6.02. The molecule has 0 spiro atoms. The van der Waals surface area contributed by atoms with Crippen molar-refractivity contribution in [3.05, 3.63) is 64.7 Å². The molecule has 0 fully saturated rings. The summed E-state index contributed by atoms with van der Waals surface area (Å²) in [5, 5.41) is 0. The molecule has 0 saturated heterocycles. The maximum absolute atomic E-state index is 13.0. The van der Waals surface area contributed by atoms with Gasteiger partial charge in [0.05, 0.1) is 5.56 Å². The van der Waals surface area contributed by atoms with Crippen molar-refractivity contribution in [2.75, 3.05) is 11.4 Å². The Labute approximate surface area is 141 Å². The van der Waals surface area contributed by atoms with Gasteiger partial charge in [-0.15, -0.1) is 0 Å². The van der Waals surface area contributed by atoms with Crippen LogP contribution in [0.4, 0.5) is 5.69 Å². The predicted molar refractivity (Wildman–Crippen MR) is 91.2 cm³/mol. The highest BCUT2D eigenvalue weighted by atomic mass is 16.5. The van der Waals surface area contributed by atoms with Crippen molar-refractivity contribution in [1.82, 2.24) is 0 Å². The predicted octanol–water partition coefficient (Wildman–Crippen LogP) is 3.06. The minimum absolute atomic E-state index is 0.123. The van der Waals surface area contributed by atoms with E-state index < -0.39 is 12.1 Å². The molecule has 2 aromatic carbocycles. The van der Waals surface area contributed by atoms with E-state index in [0.717, 1.165) is 29.7 Å². The van der Waals surface area contributed by atoms with E-state index >= 15 is 0 Å². The molecule has 1 atom stereocenters. The Morgan fingerprint density at radius 2 is 2.00 bits per heavy atom. The number of nitrogens with zero attached hydrogens (tertiary/aromatic N) is 1. The molecule has 24 heavy (non-hydrogen) atoms. The van der Waals surface area contributed by atoms with Gasteiger partial charge in [0, 0.05) is 18.7 Å². The van der Waals surface area contributed by atoms with Crippen molar-refractivity contribution in [1.29, 1.82) is 0 Å². The number of fused-ring (bicyclic) bond motifs is 2. The van der Waals surface area contributed by atoms with Gasteiger partial charge in [-0.2, -0.15) is 0 Å². The van der Waals surface area contributed by atoms with E-state index in [1.54, 1.807) is 4.90 Å². The van der Waals surface area contributed by atoms with E-state index in [1.807, 2.05) is 43.3 Å². The Balaban J connectivity index is 1.63. The zero-order chi connectivity index (χ0) is 16.7. The van der Waals surface area contributed by atoms with E-state index in [-0.39, 0.29) is 5.91 Å². The standard InChI is InChI=1S/C20H19NO3/c1-13-8-9-15-12-18(24-20(23)16(15)11-13)19(22)21-10-4-6-14-5-2-3-7-17(14)21/h2-3,5,7-9,11,18H,4,6,10,12H2,1H3/t18-/m0/s1. The number of rotatable bonds is 1. The molecule has 0 unspecified atom stereocenters. The topological polar surface area (TPSA) is 46.6 Å². The van der Waals surface area contributed by atoms with E-state index in [0.29, 0.717) is 18.5 Å². The van der Waals surface area contributed by atoms with Gasteiger partial charge in [0.15, 0.2) is 6.10 Å². The monoisotopic (exact) mass is 321 g/mol. The molecule has 0 bridgehead atoms. The summed E-state index contributed by atoms with van der Waals surface area (Å²) in [5.74, 6) is -0.523. The fraction of sp³-hybridized carbons (Fsp3) is 0.300. The first-order valence-electron chi connectivity index (χ1n) is 8.33. The van der Waals surface area contributed by atoms with E-state index in [1.165, 1.54) is 5.56 Å². The highest BCUT2D eigenvalue weighted by Gasteiger charge is 2.35. The number of amides is 1. The third-order valence-electron chi connectivity index (χ3n) is 4.79. The Morgan fingerprint density at radius 3 is 2.88 bits per heavy atom. The van der Waals surface area contributed by atoms with Gasteiger partial charge in [-0.3, -0.25) is 4.79 Å². The summed E-state index contributed by atoms with van der Waals surface area (Å²) in [5.41, 5.74) is 4.61. The molecule has 2 heterocycles. The van der Waals surface area contributed by atoms with E-state index in [9.17, 15) is 9.59 Å². The van der Waals surface area contributed by atoms with Crippen LogP contribution in [0.3, 0.4) is 0 Å². The summed E-state index contributed by atoms with van der Waals surface area (Å²) in [6, 6.07) is 13.7. The van der Waals surface area contributed by atoms with Gasteiger partial charge < -0.3 is 9.64 Å². The van der Waals surface area contributed by atoms with Gasteiger partial charge >= 0.3 is 5.97 Å². The molecule has 2 aliphatic heterocycles. The minimum Gasteiger partial charge on any atom is -0.448 e. The molecule has 2 aliphatic rings. The molecule has 4 heteroatoms. The van der Waals surface area contributed by atoms with Crippen LogP contribution in [0.15, 0.2) is 42.5 Å². The molecule has 0 N–H and O–H groups in total. The third-order valence-corrected chi connectivity index (χ3v) is 4.79. The first-order chi connectivity index (χ1) is 11.6. The van der Waals surface area contributed by atoms with Crippen LogP contribution >= 0.6 is 0 Å². The van der Waals surface area contributed by atoms with Crippen molar-refractivity contribution < 1.29 is 14.3 Å². The van der Waals surface area contributed by atoms with Crippen LogP contribution in [0.5, 0.6) is 0 Å². The molecular weight excluding hydrogens is 302 g/mol. The summed E-state index contributed by atoms with van der Waals surface area (Å²) >= 11 is 0. The summed E-state index contributed by atoms with van der Waals surface area (Å²) in [4.78, 5) is 27.0. The lowest BCUT2D eigenvalue weighted by molar-refractivity contribution is -0.127. The summed E-state index contributed by atoms with van der Waals surface area (Å²) in [6.45, 7) is 2.61. The van der Waals surface area contributed by atoms with Gasteiger partial charge in [0.2, 0.25) is 0 Å². The van der Waals surface area contributed by atoms with Gasteiger partial charge in [-0.25, -0.2) is 4.79 Å². The SMILES string of the molecule is Cc1ccc2c(c1)C(=O)O[C@H](C(=O)N1CCCc3ccccc31)C2.